The maximum Gasteiger partial charge on any atom is 0.123 e. The summed E-state index contributed by atoms with van der Waals surface area (Å²) in [6.07, 6.45) is 1.43. The zero-order valence-electron chi connectivity index (χ0n) is 10.5. The van der Waals surface area contributed by atoms with E-state index in [9.17, 15) is 4.39 Å². The number of benzene rings is 1. The van der Waals surface area contributed by atoms with E-state index in [1.54, 1.807) is 12.1 Å². The molecule has 1 aromatic carbocycles. The third-order valence-corrected chi connectivity index (χ3v) is 3.91. The molecule has 0 radical (unpaired) electrons. The van der Waals surface area contributed by atoms with Gasteiger partial charge in [0.1, 0.15) is 5.82 Å². The fourth-order valence-corrected chi connectivity index (χ4v) is 2.67. The predicted molar refractivity (Wildman–Crippen MR) is 71.1 cm³/mol. The topological polar surface area (TPSA) is 51.8 Å². The average molecular weight is 265 g/mol. The van der Waals surface area contributed by atoms with Gasteiger partial charge in [0.25, 0.3) is 0 Å². The van der Waals surface area contributed by atoms with Gasteiger partial charge in [-0.05, 0) is 54.6 Å². The highest BCUT2D eigenvalue weighted by Crippen LogP contribution is 2.24. The zero-order valence-corrected chi connectivity index (χ0v) is 11.3. The summed E-state index contributed by atoms with van der Waals surface area (Å²) in [4.78, 5) is 1.00. The maximum atomic E-state index is 13.2. The lowest BCUT2D eigenvalue weighted by atomic mass is 9.99. The van der Waals surface area contributed by atoms with Crippen LogP contribution in [0.25, 0.3) is 0 Å². The molecule has 3 nitrogen and oxygen atoms in total. The van der Waals surface area contributed by atoms with Gasteiger partial charge in [-0.15, -0.1) is 5.10 Å². The molecule has 18 heavy (non-hydrogen) atoms. The van der Waals surface area contributed by atoms with E-state index in [1.807, 2.05) is 13.8 Å². The first-order valence-electron chi connectivity index (χ1n) is 5.93. The number of hydrogen-bond acceptors (Lipinski definition) is 4. The van der Waals surface area contributed by atoms with Crippen LogP contribution >= 0.6 is 11.5 Å². The molecule has 5 heteroatoms. The Morgan fingerprint density at radius 2 is 2.22 bits per heavy atom. The van der Waals surface area contributed by atoms with Crippen molar-refractivity contribution in [2.75, 3.05) is 0 Å². The van der Waals surface area contributed by atoms with Crippen LogP contribution in [0.15, 0.2) is 18.2 Å². The van der Waals surface area contributed by atoms with Crippen LogP contribution in [-0.2, 0) is 12.8 Å². The minimum Gasteiger partial charge on any atom is -0.323 e. The van der Waals surface area contributed by atoms with E-state index in [0.29, 0.717) is 6.42 Å². The molecule has 0 aliphatic carbocycles. The maximum absolute atomic E-state index is 13.2. The van der Waals surface area contributed by atoms with Crippen molar-refractivity contribution in [1.29, 1.82) is 0 Å². The molecule has 0 saturated carbocycles. The summed E-state index contributed by atoms with van der Waals surface area (Å²) in [5, 5.41) is 4.05. The molecule has 1 unspecified atom stereocenters. The van der Waals surface area contributed by atoms with Gasteiger partial charge >= 0.3 is 0 Å². The Morgan fingerprint density at radius 1 is 1.44 bits per heavy atom. The molecular formula is C13H16FN3S. The van der Waals surface area contributed by atoms with Crippen molar-refractivity contribution in [3.05, 3.63) is 45.7 Å². The standard InChI is InChI=1S/C13H16FN3S/c1-3-12-13(18-17-16-12)11(15)7-9-6-10(14)5-4-8(9)2/h4-6,11H,3,7,15H2,1-2H3. The fraction of sp³-hybridized carbons (Fsp3) is 0.385. The summed E-state index contributed by atoms with van der Waals surface area (Å²) in [6, 6.07) is 4.63. The lowest BCUT2D eigenvalue weighted by Crippen LogP contribution is -2.14. The van der Waals surface area contributed by atoms with Crippen LogP contribution < -0.4 is 5.73 Å². The quantitative estimate of drug-likeness (QED) is 0.924. The van der Waals surface area contributed by atoms with Gasteiger partial charge in [0.05, 0.1) is 10.6 Å². The summed E-state index contributed by atoms with van der Waals surface area (Å²) < 4.78 is 17.2. The molecule has 0 amide bonds. The van der Waals surface area contributed by atoms with Gasteiger partial charge in [0, 0.05) is 6.04 Å². The Labute approximate surface area is 110 Å². The first-order chi connectivity index (χ1) is 8.61. The van der Waals surface area contributed by atoms with Crippen molar-refractivity contribution < 1.29 is 4.39 Å². The lowest BCUT2D eigenvalue weighted by Gasteiger charge is -2.12. The first-order valence-corrected chi connectivity index (χ1v) is 6.71. The summed E-state index contributed by atoms with van der Waals surface area (Å²) in [7, 11) is 0. The third-order valence-electron chi connectivity index (χ3n) is 3.01. The van der Waals surface area contributed by atoms with Gasteiger partial charge in [0.15, 0.2) is 0 Å². The van der Waals surface area contributed by atoms with Crippen molar-refractivity contribution >= 4 is 11.5 Å². The highest BCUT2D eigenvalue weighted by Gasteiger charge is 2.16. The molecule has 0 fully saturated rings. The van der Waals surface area contributed by atoms with Crippen molar-refractivity contribution in [1.82, 2.24) is 9.59 Å². The monoisotopic (exact) mass is 265 g/mol. The molecule has 0 aliphatic heterocycles. The highest BCUT2D eigenvalue weighted by molar-refractivity contribution is 7.05. The molecule has 2 aromatic rings. The van der Waals surface area contributed by atoms with Gasteiger partial charge in [-0.25, -0.2) is 4.39 Å². The Balaban J connectivity index is 2.21. The molecule has 2 N–H and O–H groups in total. The molecular weight excluding hydrogens is 249 g/mol. The molecule has 1 aromatic heterocycles. The normalized spacial score (nSPS) is 12.7. The van der Waals surface area contributed by atoms with Crippen LogP contribution in [0.4, 0.5) is 4.39 Å². The second-order valence-corrected chi connectivity index (χ2v) is 5.10. The molecule has 1 heterocycles. The van der Waals surface area contributed by atoms with E-state index in [1.165, 1.54) is 17.6 Å². The van der Waals surface area contributed by atoms with E-state index in [0.717, 1.165) is 28.1 Å². The largest absolute Gasteiger partial charge is 0.323 e. The van der Waals surface area contributed by atoms with Crippen molar-refractivity contribution in [3.63, 3.8) is 0 Å². The van der Waals surface area contributed by atoms with Crippen LogP contribution in [0.5, 0.6) is 0 Å². The molecule has 0 saturated heterocycles. The lowest BCUT2D eigenvalue weighted by molar-refractivity contribution is 0.621. The number of aryl methyl sites for hydroxylation is 2. The number of halogens is 1. The second-order valence-electron chi connectivity index (χ2n) is 4.32. The van der Waals surface area contributed by atoms with E-state index in [4.69, 9.17) is 5.73 Å². The van der Waals surface area contributed by atoms with Crippen LogP contribution in [-0.4, -0.2) is 9.59 Å². The molecule has 96 valence electrons. The molecule has 1 atom stereocenters. The first kappa shape index (κ1) is 13.1. The summed E-state index contributed by atoms with van der Waals surface area (Å²) in [6.45, 7) is 3.99. The van der Waals surface area contributed by atoms with Gasteiger partial charge in [-0.1, -0.05) is 17.5 Å². The second kappa shape index (κ2) is 5.54. The number of nitrogens with two attached hydrogens (primary N) is 1. The fourth-order valence-electron chi connectivity index (χ4n) is 1.93. The van der Waals surface area contributed by atoms with E-state index < -0.39 is 0 Å². The average Bonchev–Trinajstić information content (AvgIpc) is 2.82. The Kier molecular flexibility index (Phi) is 4.04. The predicted octanol–water partition coefficient (Wildman–Crippen LogP) is 2.79. The van der Waals surface area contributed by atoms with Crippen LogP contribution in [0.1, 0.15) is 34.7 Å². The summed E-state index contributed by atoms with van der Waals surface area (Å²) in [5.41, 5.74) is 9.12. The number of nitrogens with zero attached hydrogens (tertiary/aromatic N) is 2. The highest BCUT2D eigenvalue weighted by atomic mass is 32.1. The molecule has 0 aliphatic rings. The molecule has 0 spiro atoms. The van der Waals surface area contributed by atoms with Crippen molar-refractivity contribution in [2.45, 2.75) is 32.7 Å². The Hall–Kier alpha value is -1.33. The third kappa shape index (κ3) is 2.73. The molecule has 2 rings (SSSR count). The van der Waals surface area contributed by atoms with Gasteiger partial charge < -0.3 is 5.73 Å². The van der Waals surface area contributed by atoms with Crippen molar-refractivity contribution in [3.8, 4) is 0 Å². The Bertz CT molecular complexity index is 539. The zero-order chi connectivity index (χ0) is 13.1. The molecule has 0 bridgehead atoms. The summed E-state index contributed by atoms with van der Waals surface area (Å²) in [5.74, 6) is -0.221. The minimum atomic E-state index is -0.221. The van der Waals surface area contributed by atoms with Crippen LogP contribution in [0.3, 0.4) is 0 Å². The Morgan fingerprint density at radius 3 is 2.94 bits per heavy atom. The minimum absolute atomic E-state index is 0.166. The van der Waals surface area contributed by atoms with Crippen LogP contribution in [0.2, 0.25) is 0 Å². The summed E-state index contributed by atoms with van der Waals surface area (Å²) >= 11 is 1.33. The smallest absolute Gasteiger partial charge is 0.123 e. The van der Waals surface area contributed by atoms with Crippen molar-refractivity contribution in [2.24, 2.45) is 5.73 Å². The number of rotatable bonds is 4. The van der Waals surface area contributed by atoms with E-state index in [-0.39, 0.29) is 11.9 Å². The van der Waals surface area contributed by atoms with Gasteiger partial charge in [-0.3, -0.25) is 0 Å². The van der Waals surface area contributed by atoms with Crippen LogP contribution in [0, 0.1) is 12.7 Å². The van der Waals surface area contributed by atoms with Gasteiger partial charge in [-0.2, -0.15) is 0 Å². The van der Waals surface area contributed by atoms with Gasteiger partial charge in [0.2, 0.25) is 0 Å². The SMILES string of the molecule is CCc1nnsc1C(N)Cc1cc(F)ccc1C. The number of hydrogen-bond donors (Lipinski definition) is 1. The number of aromatic nitrogens is 2. The van der Waals surface area contributed by atoms with E-state index in [2.05, 4.69) is 9.59 Å². The van der Waals surface area contributed by atoms with E-state index >= 15 is 0 Å².